The Morgan fingerprint density at radius 2 is 1.69 bits per heavy atom. The Morgan fingerprint density at radius 1 is 0.938 bits per heavy atom. The zero-order valence-corrected chi connectivity index (χ0v) is 18.5. The minimum absolute atomic E-state index is 0.00398. The first-order valence-electron chi connectivity index (χ1n) is 11.5. The molecule has 3 heterocycles. The minimum Gasteiger partial charge on any atom is -0.368 e. The molecular formula is C25H29FN4O2. The summed E-state index contributed by atoms with van der Waals surface area (Å²) in [5.41, 5.74) is 3.14. The molecule has 3 aliphatic rings. The molecule has 0 radical (unpaired) electrons. The second kappa shape index (κ2) is 8.45. The smallest absolute Gasteiger partial charge is 0.257 e. The molecular weight excluding hydrogens is 407 g/mol. The van der Waals surface area contributed by atoms with Crippen LogP contribution in [0.5, 0.6) is 0 Å². The van der Waals surface area contributed by atoms with E-state index in [-0.39, 0.29) is 23.8 Å². The number of halogens is 1. The van der Waals surface area contributed by atoms with Crippen molar-refractivity contribution < 1.29 is 14.0 Å². The van der Waals surface area contributed by atoms with Crippen molar-refractivity contribution in [1.82, 2.24) is 9.80 Å². The summed E-state index contributed by atoms with van der Waals surface area (Å²) in [6.45, 7) is 3.43. The first-order valence-corrected chi connectivity index (χ1v) is 11.5. The number of fused-ring (bicyclic) bond motifs is 2. The van der Waals surface area contributed by atoms with Gasteiger partial charge in [-0.25, -0.2) is 4.39 Å². The van der Waals surface area contributed by atoms with E-state index in [1.807, 2.05) is 29.0 Å². The molecule has 1 atom stereocenters. The molecule has 2 aromatic carbocycles. The van der Waals surface area contributed by atoms with Crippen LogP contribution in [0.1, 0.15) is 46.4 Å². The molecule has 0 N–H and O–H groups in total. The molecule has 2 fully saturated rings. The van der Waals surface area contributed by atoms with Crippen LogP contribution in [0.3, 0.4) is 0 Å². The normalized spacial score (nSPS) is 21.2. The Hall–Kier alpha value is -3.09. The quantitative estimate of drug-likeness (QED) is 0.722. The van der Waals surface area contributed by atoms with E-state index < -0.39 is 0 Å². The standard InChI is InChI=1S/C25H29FN4O2/c1-27-22-17-18(6-11-21(22)25(32)30-12-4-2-3-5-23(27)30)24(31)29-15-13-28(14-16-29)20-9-7-19(26)8-10-20/h6-11,17,23H,2-5,12-16H2,1H3. The van der Waals surface area contributed by atoms with E-state index in [0.29, 0.717) is 37.3 Å². The third kappa shape index (κ3) is 3.70. The molecule has 5 rings (SSSR count). The van der Waals surface area contributed by atoms with Crippen molar-refractivity contribution in [3.05, 3.63) is 59.4 Å². The van der Waals surface area contributed by atoms with Crippen molar-refractivity contribution in [1.29, 1.82) is 0 Å². The Morgan fingerprint density at radius 3 is 2.44 bits per heavy atom. The summed E-state index contributed by atoms with van der Waals surface area (Å²) < 4.78 is 13.2. The van der Waals surface area contributed by atoms with Gasteiger partial charge in [-0.15, -0.1) is 0 Å². The van der Waals surface area contributed by atoms with Crippen LogP contribution in [0.15, 0.2) is 42.5 Å². The second-order valence-corrected chi connectivity index (χ2v) is 8.93. The van der Waals surface area contributed by atoms with Crippen molar-refractivity contribution in [2.45, 2.75) is 31.8 Å². The van der Waals surface area contributed by atoms with Crippen molar-refractivity contribution in [2.75, 3.05) is 49.6 Å². The number of piperazine rings is 1. The van der Waals surface area contributed by atoms with Crippen LogP contribution in [0.25, 0.3) is 0 Å². The van der Waals surface area contributed by atoms with Crippen LogP contribution >= 0.6 is 0 Å². The van der Waals surface area contributed by atoms with Gasteiger partial charge in [0.25, 0.3) is 11.8 Å². The molecule has 32 heavy (non-hydrogen) atoms. The monoisotopic (exact) mass is 436 g/mol. The third-order valence-electron chi connectivity index (χ3n) is 7.04. The fourth-order valence-corrected chi connectivity index (χ4v) is 5.19. The van der Waals surface area contributed by atoms with Gasteiger partial charge in [-0.2, -0.15) is 0 Å². The Kier molecular flexibility index (Phi) is 5.49. The zero-order chi connectivity index (χ0) is 22.2. The maximum Gasteiger partial charge on any atom is 0.257 e. The minimum atomic E-state index is -0.245. The molecule has 2 amide bonds. The van der Waals surface area contributed by atoms with Crippen molar-refractivity contribution in [2.24, 2.45) is 0 Å². The van der Waals surface area contributed by atoms with Crippen LogP contribution < -0.4 is 9.80 Å². The van der Waals surface area contributed by atoms with E-state index in [0.717, 1.165) is 43.6 Å². The van der Waals surface area contributed by atoms with Gasteiger partial charge in [0.15, 0.2) is 0 Å². The molecule has 0 saturated carbocycles. The zero-order valence-electron chi connectivity index (χ0n) is 18.5. The number of nitrogens with zero attached hydrogens (tertiary/aromatic N) is 4. The lowest BCUT2D eigenvalue weighted by atomic mass is 10.0. The average molecular weight is 437 g/mol. The molecule has 0 aromatic heterocycles. The molecule has 1 unspecified atom stereocenters. The number of carbonyl (C=O) groups is 2. The highest BCUT2D eigenvalue weighted by atomic mass is 19.1. The van der Waals surface area contributed by atoms with Gasteiger partial charge in [-0.1, -0.05) is 6.42 Å². The number of rotatable bonds is 2. The maximum atomic E-state index is 13.2. The first-order chi connectivity index (χ1) is 15.5. The molecule has 0 bridgehead atoms. The largest absolute Gasteiger partial charge is 0.368 e. The van der Waals surface area contributed by atoms with Gasteiger partial charge in [0.1, 0.15) is 12.0 Å². The van der Waals surface area contributed by atoms with Crippen molar-refractivity contribution >= 4 is 23.2 Å². The molecule has 168 valence electrons. The van der Waals surface area contributed by atoms with Crippen LogP contribution in [0, 0.1) is 5.82 Å². The number of hydrogen-bond donors (Lipinski definition) is 0. The SMILES string of the molecule is CN1c2cc(C(=O)N3CCN(c4ccc(F)cc4)CC3)ccc2C(=O)N2CCCCCC21. The van der Waals surface area contributed by atoms with Crippen molar-refractivity contribution in [3.63, 3.8) is 0 Å². The summed E-state index contributed by atoms with van der Waals surface area (Å²) in [5, 5.41) is 0. The van der Waals surface area contributed by atoms with Crippen LogP contribution in [-0.2, 0) is 0 Å². The number of hydrogen-bond acceptors (Lipinski definition) is 4. The summed E-state index contributed by atoms with van der Waals surface area (Å²) in [5.74, 6) is -0.169. The Bertz CT molecular complexity index is 1020. The highest BCUT2D eigenvalue weighted by Gasteiger charge is 2.37. The van der Waals surface area contributed by atoms with Gasteiger partial charge >= 0.3 is 0 Å². The molecule has 2 saturated heterocycles. The van der Waals surface area contributed by atoms with Crippen LogP contribution in [0.4, 0.5) is 15.8 Å². The van der Waals surface area contributed by atoms with Gasteiger partial charge in [-0.3, -0.25) is 9.59 Å². The van der Waals surface area contributed by atoms with E-state index in [2.05, 4.69) is 9.80 Å². The Balaban J connectivity index is 1.31. The third-order valence-corrected chi connectivity index (χ3v) is 7.04. The average Bonchev–Trinajstić information content (AvgIpc) is 3.09. The molecule has 7 heteroatoms. The number of anilines is 2. The molecule has 0 spiro atoms. The summed E-state index contributed by atoms with van der Waals surface area (Å²) in [7, 11) is 2.03. The molecule has 2 aromatic rings. The van der Waals surface area contributed by atoms with E-state index in [1.54, 1.807) is 18.2 Å². The van der Waals surface area contributed by atoms with Crippen molar-refractivity contribution in [3.8, 4) is 0 Å². The number of benzene rings is 2. The number of carbonyl (C=O) groups excluding carboxylic acids is 2. The lowest BCUT2D eigenvalue weighted by Crippen LogP contribution is -2.53. The predicted octanol–water partition coefficient (Wildman–Crippen LogP) is 3.58. The topological polar surface area (TPSA) is 47.1 Å². The molecule has 6 nitrogen and oxygen atoms in total. The van der Waals surface area contributed by atoms with Gasteiger partial charge in [-0.05, 0) is 61.7 Å². The second-order valence-electron chi connectivity index (χ2n) is 8.93. The summed E-state index contributed by atoms with van der Waals surface area (Å²) in [6, 6.07) is 12.0. The maximum absolute atomic E-state index is 13.2. The lowest BCUT2D eigenvalue weighted by Gasteiger charge is -2.43. The highest BCUT2D eigenvalue weighted by molar-refractivity contribution is 6.04. The highest BCUT2D eigenvalue weighted by Crippen LogP contribution is 2.34. The fourth-order valence-electron chi connectivity index (χ4n) is 5.19. The van der Waals surface area contributed by atoms with Crippen LogP contribution in [-0.4, -0.2) is 67.6 Å². The molecule has 3 aliphatic heterocycles. The summed E-state index contributed by atoms with van der Waals surface area (Å²) >= 11 is 0. The van der Waals surface area contributed by atoms with Gasteiger partial charge in [0, 0.05) is 51.0 Å². The predicted molar refractivity (Wildman–Crippen MR) is 123 cm³/mol. The lowest BCUT2D eigenvalue weighted by molar-refractivity contribution is 0.0659. The van der Waals surface area contributed by atoms with E-state index in [1.165, 1.54) is 12.1 Å². The van der Waals surface area contributed by atoms with E-state index in [4.69, 9.17) is 0 Å². The van der Waals surface area contributed by atoms with Gasteiger partial charge < -0.3 is 19.6 Å². The first kappa shape index (κ1) is 20.8. The fraction of sp³-hybridized carbons (Fsp3) is 0.440. The van der Waals surface area contributed by atoms with E-state index in [9.17, 15) is 14.0 Å². The van der Waals surface area contributed by atoms with E-state index >= 15 is 0 Å². The summed E-state index contributed by atoms with van der Waals surface area (Å²) in [6.07, 6.45) is 4.35. The summed E-state index contributed by atoms with van der Waals surface area (Å²) in [4.78, 5) is 34.5. The number of amides is 2. The Labute approximate surface area is 188 Å². The van der Waals surface area contributed by atoms with Gasteiger partial charge in [0.2, 0.25) is 0 Å². The van der Waals surface area contributed by atoms with Crippen LogP contribution in [0.2, 0.25) is 0 Å². The molecule has 0 aliphatic carbocycles. The van der Waals surface area contributed by atoms with Gasteiger partial charge in [0.05, 0.1) is 11.3 Å².